The molecule has 0 bridgehead atoms. The monoisotopic (exact) mass is 363 g/mol. The van der Waals surface area contributed by atoms with E-state index in [1.165, 1.54) is 23.6 Å². The summed E-state index contributed by atoms with van der Waals surface area (Å²) in [6.07, 6.45) is 0. The molecule has 128 valence electrons. The van der Waals surface area contributed by atoms with Crippen molar-refractivity contribution < 1.29 is 9.59 Å². The SMILES string of the molecule is CC(=O)N1C(=O)C2(N=C(N)N=C3Sc4ccccc4N32)c2ccccc21. The number of carbonyl (C=O) groups is 2. The van der Waals surface area contributed by atoms with Gasteiger partial charge in [0.2, 0.25) is 17.5 Å². The molecular weight excluding hydrogens is 350 g/mol. The van der Waals surface area contributed by atoms with Gasteiger partial charge >= 0.3 is 0 Å². The summed E-state index contributed by atoms with van der Waals surface area (Å²) in [6, 6.07) is 14.9. The van der Waals surface area contributed by atoms with Gasteiger partial charge < -0.3 is 5.73 Å². The van der Waals surface area contributed by atoms with Gasteiger partial charge in [-0.3, -0.25) is 14.5 Å². The number of para-hydroxylation sites is 2. The zero-order chi connectivity index (χ0) is 18.1. The second-order valence-electron chi connectivity index (χ2n) is 6.12. The average Bonchev–Trinajstić information content (AvgIpc) is 3.09. The van der Waals surface area contributed by atoms with E-state index in [0.29, 0.717) is 16.4 Å². The molecule has 0 saturated heterocycles. The largest absolute Gasteiger partial charge is 0.368 e. The smallest absolute Gasteiger partial charge is 0.288 e. The van der Waals surface area contributed by atoms with Crippen molar-refractivity contribution in [3.63, 3.8) is 0 Å². The number of amides is 2. The molecule has 2 amide bonds. The zero-order valence-electron chi connectivity index (χ0n) is 13.7. The highest BCUT2D eigenvalue weighted by atomic mass is 32.2. The number of imide groups is 1. The number of amidine groups is 1. The molecule has 0 fully saturated rings. The molecule has 0 radical (unpaired) electrons. The van der Waals surface area contributed by atoms with Crippen molar-refractivity contribution in [1.82, 2.24) is 0 Å². The maximum absolute atomic E-state index is 13.5. The molecule has 1 unspecified atom stereocenters. The number of anilines is 2. The highest BCUT2D eigenvalue weighted by Crippen LogP contribution is 2.54. The van der Waals surface area contributed by atoms with Crippen LogP contribution in [0.1, 0.15) is 12.5 Å². The van der Waals surface area contributed by atoms with Gasteiger partial charge in [0.05, 0.1) is 11.4 Å². The van der Waals surface area contributed by atoms with Crippen molar-refractivity contribution in [2.24, 2.45) is 15.7 Å². The summed E-state index contributed by atoms with van der Waals surface area (Å²) in [4.78, 5) is 38.5. The molecule has 7 nitrogen and oxygen atoms in total. The Hall–Kier alpha value is -3.13. The number of aliphatic imine (C=N–C) groups is 2. The van der Waals surface area contributed by atoms with E-state index >= 15 is 0 Å². The Morgan fingerprint density at radius 2 is 1.81 bits per heavy atom. The standard InChI is InChI=1S/C18H13N5O2S/c1-10(24)22-12-7-3-2-6-11(12)18(15(22)25)21-16(19)20-17-23(18)13-8-4-5-9-14(13)26-17/h2-9H,1H3,(H2,19,21). The second kappa shape index (κ2) is 4.95. The van der Waals surface area contributed by atoms with Crippen LogP contribution in [-0.4, -0.2) is 22.9 Å². The Bertz CT molecular complexity index is 1060. The quantitative estimate of drug-likeness (QED) is 0.773. The Morgan fingerprint density at radius 3 is 2.58 bits per heavy atom. The van der Waals surface area contributed by atoms with Crippen LogP contribution in [0.2, 0.25) is 0 Å². The van der Waals surface area contributed by atoms with Crippen LogP contribution in [-0.2, 0) is 15.3 Å². The summed E-state index contributed by atoms with van der Waals surface area (Å²) < 4.78 is 0. The van der Waals surface area contributed by atoms with Gasteiger partial charge in [0.1, 0.15) is 0 Å². The van der Waals surface area contributed by atoms with E-state index in [9.17, 15) is 9.59 Å². The normalized spacial score (nSPS) is 22.7. The van der Waals surface area contributed by atoms with Crippen LogP contribution >= 0.6 is 11.8 Å². The first-order chi connectivity index (χ1) is 12.5. The molecule has 1 atom stereocenters. The third-order valence-corrected chi connectivity index (χ3v) is 5.67. The summed E-state index contributed by atoms with van der Waals surface area (Å²) in [6.45, 7) is 1.37. The van der Waals surface area contributed by atoms with Gasteiger partial charge in [-0.05, 0) is 30.0 Å². The molecule has 8 heteroatoms. The van der Waals surface area contributed by atoms with E-state index in [1.807, 2.05) is 36.4 Å². The molecule has 2 aromatic rings. The van der Waals surface area contributed by atoms with Gasteiger partial charge in [-0.15, -0.1) is 0 Å². The Labute approximate surface area is 153 Å². The van der Waals surface area contributed by atoms with Crippen LogP contribution < -0.4 is 15.5 Å². The van der Waals surface area contributed by atoms with E-state index in [-0.39, 0.29) is 11.9 Å². The van der Waals surface area contributed by atoms with Gasteiger partial charge in [0.25, 0.3) is 5.91 Å². The summed E-state index contributed by atoms with van der Waals surface area (Å²) in [5.41, 5.74) is 6.50. The molecule has 3 aliphatic rings. The number of fused-ring (bicyclic) bond motifs is 6. The van der Waals surface area contributed by atoms with Crippen molar-refractivity contribution in [2.75, 3.05) is 9.80 Å². The molecule has 2 N–H and O–H groups in total. The average molecular weight is 363 g/mol. The van der Waals surface area contributed by atoms with E-state index in [2.05, 4.69) is 9.98 Å². The van der Waals surface area contributed by atoms with Crippen LogP contribution in [0.4, 0.5) is 11.4 Å². The lowest BCUT2D eigenvalue weighted by Gasteiger charge is -2.37. The first-order valence-corrected chi connectivity index (χ1v) is 8.81. The molecule has 26 heavy (non-hydrogen) atoms. The fourth-order valence-electron chi connectivity index (χ4n) is 3.68. The van der Waals surface area contributed by atoms with Crippen molar-refractivity contribution in [2.45, 2.75) is 17.5 Å². The van der Waals surface area contributed by atoms with E-state index < -0.39 is 11.6 Å². The maximum Gasteiger partial charge on any atom is 0.288 e. The summed E-state index contributed by atoms with van der Waals surface area (Å²) in [5.74, 6) is -0.791. The van der Waals surface area contributed by atoms with Crippen molar-refractivity contribution in [3.05, 3.63) is 54.1 Å². The first kappa shape index (κ1) is 15.2. The molecule has 0 aliphatic carbocycles. The number of carbonyl (C=O) groups excluding carboxylic acids is 2. The minimum absolute atomic E-state index is 0.0186. The van der Waals surface area contributed by atoms with Gasteiger partial charge in [-0.1, -0.05) is 30.3 Å². The lowest BCUT2D eigenvalue weighted by Crippen LogP contribution is -2.56. The highest BCUT2D eigenvalue weighted by molar-refractivity contribution is 8.14. The van der Waals surface area contributed by atoms with Crippen LogP contribution in [0, 0.1) is 0 Å². The molecule has 1 spiro atoms. The Balaban J connectivity index is 1.84. The number of benzene rings is 2. The molecule has 3 heterocycles. The third-order valence-electron chi connectivity index (χ3n) is 4.65. The predicted molar refractivity (Wildman–Crippen MR) is 100 cm³/mol. The highest BCUT2D eigenvalue weighted by Gasteiger charge is 2.61. The van der Waals surface area contributed by atoms with Crippen molar-refractivity contribution in [1.29, 1.82) is 0 Å². The Morgan fingerprint density at radius 1 is 1.12 bits per heavy atom. The summed E-state index contributed by atoms with van der Waals surface area (Å²) in [7, 11) is 0. The summed E-state index contributed by atoms with van der Waals surface area (Å²) >= 11 is 1.43. The predicted octanol–water partition coefficient (Wildman–Crippen LogP) is 2.03. The van der Waals surface area contributed by atoms with Gasteiger partial charge in [0, 0.05) is 17.4 Å². The number of guanidine groups is 1. The molecule has 3 aliphatic heterocycles. The Kier molecular flexibility index (Phi) is 2.88. The van der Waals surface area contributed by atoms with Crippen LogP contribution in [0.5, 0.6) is 0 Å². The van der Waals surface area contributed by atoms with Crippen LogP contribution in [0.15, 0.2) is 63.4 Å². The number of hydrogen-bond acceptors (Lipinski definition) is 7. The number of rotatable bonds is 0. The summed E-state index contributed by atoms with van der Waals surface area (Å²) in [5, 5.41) is 0.576. The van der Waals surface area contributed by atoms with E-state index in [1.54, 1.807) is 17.0 Å². The van der Waals surface area contributed by atoms with Crippen LogP contribution in [0.25, 0.3) is 0 Å². The number of nitrogens with two attached hydrogens (primary N) is 1. The van der Waals surface area contributed by atoms with Gasteiger partial charge in [-0.2, -0.15) is 4.99 Å². The van der Waals surface area contributed by atoms with Crippen molar-refractivity contribution in [3.8, 4) is 0 Å². The lowest BCUT2D eigenvalue weighted by molar-refractivity contribution is -0.127. The topological polar surface area (TPSA) is 91.4 Å². The fraction of sp³-hybridized carbons (Fsp3) is 0.111. The minimum Gasteiger partial charge on any atom is -0.368 e. The number of nitrogens with zero attached hydrogens (tertiary/aromatic N) is 4. The first-order valence-electron chi connectivity index (χ1n) is 8.00. The fourth-order valence-corrected chi connectivity index (χ4v) is 4.75. The molecule has 5 rings (SSSR count). The minimum atomic E-state index is -1.46. The molecule has 0 aromatic heterocycles. The molecular formula is C18H13N5O2S. The van der Waals surface area contributed by atoms with Gasteiger partial charge in [-0.25, -0.2) is 9.89 Å². The van der Waals surface area contributed by atoms with Gasteiger partial charge in [0.15, 0.2) is 5.17 Å². The zero-order valence-corrected chi connectivity index (χ0v) is 14.5. The lowest BCUT2D eigenvalue weighted by atomic mass is 9.98. The second-order valence-corrected chi connectivity index (χ2v) is 7.13. The third kappa shape index (κ3) is 1.69. The number of thioether (sulfide) groups is 1. The van der Waals surface area contributed by atoms with E-state index in [0.717, 1.165) is 10.6 Å². The molecule has 2 aromatic carbocycles. The molecule has 0 saturated carbocycles. The van der Waals surface area contributed by atoms with Crippen molar-refractivity contribution >= 4 is 46.1 Å². The maximum atomic E-state index is 13.5. The number of hydrogen-bond donors (Lipinski definition) is 1. The van der Waals surface area contributed by atoms with Crippen LogP contribution in [0.3, 0.4) is 0 Å². The van der Waals surface area contributed by atoms with E-state index in [4.69, 9.17) is 5.73 Å².